The summed E-state index contributed by atoms with van der Waals surface area (Å²) in [5.74, 6) is -0.940. The number of nitrogens with one attached hydrogen (secondary N) is 2. The third kappa shape index (κ3) is 4.50. The number of hydrogen-bond donors (Lipinski definition) is 2. The highest BCUT2D eigenvalue weighted by Crippen LogP contribution is 2.38. The van der Waals surface area contributed by atoms with Crippen molar-refractivity contribution in [2.24, 2.45) is 0 Å². The summed E-state index contributed by atoms with van der Waals surface area (Å²) >= 11 is 0. The van der Waals surface area contributed by atoms with Gasteiger partial charge in [-0.05, 0) is 30.7 Å². The third-order valence-corrected chi connectivity index (χ3v) is 5.82. The number of carbonyl (C=O) groups excluding carboxylic acids is 2. The van der Waals surface area contributed by atoms with E-state index in [9.17, 15) is 14.0 Å². The van der Waals surface area contributed by atoms with Crippen LogP contribution in [0.3, 0.4) is 0 Å². The van der Waals surface area contributed by atoms with Crippen LogP contribution in [-0.2, 0) is 16.1 Å². The maximum Gasteiger partial charge on any atom is 0.327 e. The SMILES string of the molecule is CCOC(=O)Cn1cc(-c2ccc(NC(=O)NCC3c4ccccc4-c4cncn43)cc2F)cn1. The summed E-state index contributed by atoms with van der Waals surface area (Å²) in [6.45, 7) is 2.30. The van der Waals surface area contributed by atoms with Gasteiger partial charge in [0.05, 0.1) is 37.1 Å². The molecule has 2 N–H and O–H groups in total. The lowest BCUT2D eigenvalue weighted by Crippen LogP contribution is -2.33. The first-order valence-corrected chi connectivity index (χ1v) is 11.2. The van der Waals surface area contributed by atoms with E-state index in [1.807, 2.05) is 35.0 Å². The quantitative estimate of drug-likeness (QED) is 0.396. The topological polar surface area (TPSA) is 103 Å². The molecule has 0 saturated heterocycles. The number of imidazole rings is 1. The zero-order valence-corrected chi connectivity index (χ0v) is 18.9. The highest BCUT2D eigenvalue weighted by molar-refractivity contribution is 5.89. The van der Waals surface area contributed by atoms with Gasteiger partial charge in [-0.25, -0.2) is 14.2 Å². The number of carbonyl (C=O) groups is 2. The van der Waals surface area contributed by atoms with E-state index >= 15 is 0 Å². The van der Waals surface area contributed by atoms with Gasteiger partial charge < -0.3 is 19.9 Å². The van der Waals surface area contributed by atoms with Crippen molar-refractivity contribution < 1.29 is 18.7 Å². The molecule has 3 heterocycles. The number of esters is 1. The number of rotatable bonds is 7. The molecular formula is C25H23FN6O3. The number of aromatic nitrogens is 4. The Morgan fingerprint density at radius 1 is 1.14 bits per heavy atom. The van der Waals surface area contributed by atoms with Gasteiger partial charge in [-0.3, -0.25) is 9.48 Å². The average molecular weight is 474 g/mol. The summed E-state index contributed by atoms with van der Waals surface area (Å²) in [6, 6.07) is 11.9. The first-order valence-electron chi connectivity index (χ1n) is 11.2. The molecule has 1 aliphatic rings. The lowest BCUT2D eigenvalue weighted by Gasteiger charge is -2.16. The predicted molar refractivity (Wildman–Crippen MR) is 127 cm³/mol. The predicted octanol–water partition coefficient (Wildman–Crippen LogP) is 3.84. The van der Waals surface area contributed by atoms with Crippen molar-refractivity contribution in [3.63, 3.8) is 0 Å². The van der Waals surface area contributed by atoms with Crippen molar-refractivity contribution in [2.45, 2.75) is 19.5 Å². The fourth-order valence-electron chi connectivity index (χ4n) is 4.26. The van der Waals surface area contributed by atoms with Crippen LogP contribution in [0.2, 0.25) is 0 Å². The molecule has 2 aromatic heterocycles. The molecule has 0 bridgehead atoms. The molecular weight excluding hydrogens is 451 g/mol. The Bertz CT molecular complexity index is 1400. The van der Waals surface area contributed by atoms with E-state index in [4.69, 9.17) is 4.74 Å². The summed E-state index contributed by atoms with van der Waals surface area (Å²) in [7, 11) is 0. The zero-order valence-electron chi connectivity index (χ0n) is 18.9. The molecule has 0 radical (unpaired) electrons. The van der Waals surface area contributed by atoms with Crippen LogP contribution in [-0.4, -0.2) is 44.5 Å². The molecule has 0 saturated carbocycles. The number of amides is 2. The van der Waals surface area contributed by atoms with Crippen molar-refractivity contribution in [2.75, 3.05) is 18.5 Å². The molecule has 5 rings (SSSR count). The Labute approximate surface area is 200 Å². The lowest BCUT2D eigenvalue weighted by molar-refractivity contribution is -0.144. The van der Waals surface area contributed by atoms with Crippen LogP contribution in [0.1, 0.15) is 18.5 Å². The lowest BCUT2D eigenvalue weighted by atomic mass is 10.0. The van der Waals surface area contributed by atoms with E-state index in [2.05, 4.69) is 20.7 Å². The van der Waals surface area contributed by atoms with Gasteiger partial charge in [0, 0.05) is 35.1 Å². The monoisotopic (exact) mass is 474 g/mol. The summed E-state index contributed by atoms with van der Waals surface area (Å²) in [5.41, 5.74) is 4.36. The second-order valence-corrected chi connectivity index (χ2v) is 8.05. The van der Waals surface area contributed by atoms with E-state index in [0.717, 1.165) is 16.8 Å². The minimum Gasteiger partial charge on any atom is -0.465 e. The summed E-state index contributed by atoms with van der Waals surface area (Å²) in [5, 5.41) is 9.62. The van der Waals surface area contributed by atoms with E-state index < -0.39 is 17.8 Å². The molecule has 10 heteroatoms. The van der Waals surface area contributed by atoms with Gasteiger partial charge >= 0.3 is 12.0 Å². The Morgan fingerprint density at radius 3 is 2.83 bits per heavy atom. The molecule has 1 aliphatic heterocycles. The molecule has 2 aromatic carbocycles. The summed E-state index contributed by atoms with van der Waals surface area (Å²) < 4.78 is 23.1. The molecule has 0 spiro atoms. The number of fused-ring (bicyclic) bond motifs is 3. The number of anilines is 1. The van der Waals surface area contributed by atoms with Crippen molar-refractivity contribution in [1.29, 1.82) is 0 Å². The fourth-order valence-corrected chi connectivity index (χ4v) is 4.26. The fraction of sp³-hybridized carbons (Fsp3) is 0.200. The second-order valence-electron chi connectivity index (χ2n) is 8.05. The standard InChI is InChI=1S/C25H23FN6O3/c1-2-35-24(33)14-31-13-16(10-29-31)18-8-7-17(9-21(18)26)30-25(34)28-12-23-20-6-4-3-5-19(20)22-11-27-15-32(22)23/h3-11,13,15,23H,2,12,14H2,1H3,(H2,28,30,34). The maximum absolute atomic E-state index is 14.8. The summed E-state index contributed by atoms with van der Waals surface area (Å²) in [6.07, 6.45) is 6.60. The van der Waals surface area contributed by atoms with Gasteiger partial charge in [-0.15, -0.1) is 0 Å². The van der Waals surface area contributed by atoms with E-state index in [1.54, 1.807) is 31.6 Å². The molecule has 35 heavy (non-hydrogen) atoms. The van der Waals surface area contributed by atoms with Gasteiger partial charge in [0.25, 0.3) is 0 Å². The molecule has 0 fully saturated rings. The van der Waals surface area contributed by atoms with Crippen LogP contribution >= 0.6 is 0 Å². The van der Waals surface area contributed by atoms with Crippen molar-refractivity contribution in [1.82, 2.24) is 24.6 Å². The molecule has 1 atom stereocenters. The maximum atomic E-state index is 14.8. The van der Waals surface area contributed by atoms with Crippen LogP contribution in [0.25, 0.3) is 22.4 Å². The van der Waals surface area contributed by atoms with Gasteiger partial charge in [-0.2, -0.15) is 5.10 Å². The normalized spacial score (nSPS) is 13.7. The first kappa shape index (κ1) is 22.3. The molecule has 1 unspecified atom stereocenters. The number of ether oxygens (including phenoxy) is 1. The highest BCUT2D eigenvalue weighted by atomic mass is 19.1. The third-order valence-electron chi connectivity index (χ3n) is 5.82. The Kier molecular flexibility index (Phi) is 6.01. The summed E-state index contributed by atoms with van der Waals surface area (Å²) in [4.78, 5) is 28.4. The number of nitrogens with zero attached hydrogens (tertiary/aromatic N) is 4. The van der Waals surface area contributed by atoms with E-state index in [1.165, 1.54) is 16.9 Å². The number of urea groups is 1. The van der Waals surface area contributed by atoms with Crippen molar-refractivity contribution in [3.8, 4) is 22.4 Å². The minimum atomic E-state index is -0.522. The van der Waals surface area contributed by atoms with Gasteiger partial charge in [0.15, 0.2) is 0 Å². The van der Waals surface area contributed by atoms with Gasteiger partial charge in [-0.1, -0.05) is 24.3 Å². The molecule has 0 aliphatic carbocycles. The average Bonchev–Trinajstić information content (AvgIpc) is 3.55. The molecule has 178 valence electrons. The Morgan fingerprint density at radius 2 is 2.00 bits per heavy atom. The van der Waals surface area contributed by atoms with Crippen molar-refractivity contribution in [3.05, 3.63) is 78.8 Å². The van der Waals surface area contributed by atoms with Gasteiger partial charge in [0.1, 0.15) is 12.4 Å². The highest BCUT2D eigenvalue weighted by Gasteiger charge is 2.28. The molecule has 2 amide bonds. The van der Waals surface area contributed by atoms with Crippen molar-refractivity contribution >= 4 is 17.7 Å². The first-order chi connectivity index (χ1) is 17.0. The Balaban J connectivity index is 1.22. The number of benzene rings is 2. The minimum absolute atomic E-state index is 0.0543. The van der Waals surface area contributed by atoms with Crippen LogP contribution < -0.4 is 10.6 Å². The number of halogens is 1. The largest absolute Gasteiger partial charge is 0.465 e. The Hall–Kier alpha value is -4.47. The van der Waals surface area contributed by atoms with Crippen LogP contribution in [0.4, 0.5) is 14.9 Å². The zero-order chi connectivity index (χ0) is 24.4. The molecule has 4 aromatic rings. The van der Waals surface area contributed by atoms with Crippen LogP contribution in [0.5, 0.6) is 0 Å². The van der Waals surface area contributed by atoms with Crippen LogP contribution in [0, 0.1) is 5.82 Å². The molecule has 9 nitrogen and oxygen atoms in total. The van der Waals surface area contributed by atoms with E-state index in [-0.39, 0.29) is 19.2 Å². The van der Waals surface area contributed by atoms with E-state index in [0.29, 0.717) is 23.4 Å². The number of hydrogen-bond acceptors (Lipinski definition) is 5. The smallest absolute Gasteiger partial charge is 0.327 e. The van der Waals surface area contributed by atoms with Gasteiger partial charge in [0.2, 0.25) is 0 Å². The second kappa shape index (κ2) is 9.41. The van der Waals surface area contributed by atoms with Crippen LogP contribution in [0.15, 0.2) is 67.4 Å².